The topological polar surface area (TPSA) is 46.3 Å². The summed E-state index contributed by atoms with van der Waals surface area (Å²) in [6, 6.07) is 18.5. The Hall–Kier alpha value is -1.49. The fourth-order valence-electron chi connectivity index (χ4n) is 3.12. The second-order valence-corrected chi connectivity index (χ2v) is 7.30. The van der Waals surface area contributed by atoms with Gasteiger partial charge in [-0.2, -0.15) is 0 Å². The molecule has 1 unspecified atom stereocenters. The monoisotopic (exact) mass is 376 g/mol. The normalized spacial score (nSPS) is 15.8. The van der Waals surface area contributed by atoms with E-state index in [4.69, 9.17) is 5.73 Å². The predicted molar refractivity (Wildman–Crippen MR) is 108 cm³/mol. The molecule has 5 heteroatoms. The van der Waals surface area contributed by atoms with E-state index in [-0.39, 0.29) is 23.6 Å². The van der Waals surface area contributed by atoms with Gasteiger partial charge in [0.2, 0.25) is 5.91 Å². The number of halogens is 1. The summed E-state index contributed by atoms with van der Waals surface area (Å²) in [6.07, 6.45) is 1.88. The first-order chi connectivity index (χ1) is 11.8. The van der Waals surface area contributed by atoms with Crippen LogP contribution in [0.5, 0.6) is 0 Å². The van der Waals surface area contributed by atoms with Crippen LogP contribution in [0.3, 0.4) is 0 Å². The van der Waals surface area contributed by atoms with Crippen molar-refractivity contribution in [1.82, 2.24) is 4.90 Å². The Kier molecular flexibility index (Phi) is 7.82. The SMILES string of the molecule is Cl.NCCCN(Cc1ccccc1)C(=O)C1SCCc2ccccc21. The smallest absolute Gasteiger partial charge is 0.240 e. The van der Waals surface area contributed by atoms with Crippen molar-refractivity contribution in [1.29, 1.82) is 0 Å². The number of hydrogen-bond acceptors (Lipinski definition) is 3. The Morgan fingerprint density at radius 2 is 1.84 bits per heavy atom. The number of nitrogens with two attached hydrogens (primary N) is 1. The van der Waals surface area contributed by atoms with Crippen LogP contribution in [-0.2, 0) is 17.8 Å². The number of nitrogens with zero attached hydrogens (tertiary/aromatic N) is 1. The summed E-state index contributed by atoms with van der Waals surface area (Å²) in [5.74, 6) is 1.22. The number of rotatable bonds is 6. The first kappa shape index (κ1) is 19.8. The molecule has 0 aliphatic carbocycles. The summed E-state index contributed by atoms with van der Waals surface area (Å²) in [7, 11) is 0. The van der Waals surface area contributed by atoms with Gasteiger partial charge in [-0.25, -0.2) is 0 Å². The molecule has 1 aliphatic rings. The third-order valence-corrected chi connectivity index (χ3v) is 5.61. The van der Waals surface area contributed by atoms with Gasteiger partial charge in [0, 0.05) is 13.1 Å². The van der Waals surface area contributed by atoms with Gasteiger partial charge in [0.05, 0.1) is 0 Å². The minimum Gasteiger partial charge on any atom is -0.337 e. The second kappa shape index (κ2) is 9.85. The van der Waals surface area contributed by atoms with Gasteiger partial charge >= 0.3 is 0 Å². The van der Waals surface area contributed by atoms with Crippen LogP contribution in [0, 0.1) is 0 Å². The summed E-state index contributed by atoms with van der Waals surface area (Å²) in [4.78, 5) is 15.2. The first-order valence-corrected chi connectivity index (χ1v) is 9.56. The Balaban J connectivity index is 0.00000225. The lowest BCUT2D eigenvalue weighted by Gasteiger charge is -2.30. The van der Waals surface area contributed by atoms with Crippen LogP contribution in [0.2, 0.25) is 0 Å². The Morgan fingerprint density at radius 3 is 2.60 bits per heavy atom. The molecule has 1 amide bonds. The lowest BCUT2D eigenvalue weighted by molar-refractivity contribution is -0.131. The number of thioether (sulfide) groups is 1. The van der Waals surface area contributed by atoms with Crippen molar-refractivity contribution in [2.24, 2.45) is 5.73 Å². The molecule has 2 aromatic carbocycles. The zero-order valence-corrected chi connectivity index (χ0v) is 15.9. The molecule has 1 aliphatic heterocycles. The highest BCUT2D eigenvalue weighted by Crippen LogP contribution is 2.38. The van der Waals surface area contributed by atoms with E-state index in [9.17, 15) is 4.79 Å². The van der Waals surface area contributed by atoms with Gasteiger partial charge in [0.15, 0.2) is 0 Å². The summed E-state index contributed by atoms with van der Waals surface area (Å²) < 4.78 is 0. The van der Waals surface area contributed by atoms with E-state index in [0.717, 1.165) is 24.2 Å². The zero-order chi connectivity index (χ0) is 16.8. The van der Waals surface area contributed by atoms with E-state index < -0.39 is 0 Å². The van der Waals surface area contributed by atoms with Gasteiger partial charge in [0.1, 0.15) is 5.25 Å². The number of carbonyl (C=O) groups excluding carboxylic acids is 1. The average Bonchev–Trinajstić information content (AvgIpc) is 2.65. The summed E-state index contributed by atoms with van der Waals surface area (Å²) in [5.41, 5.74) is 9.34. The maximum Gasteiger partial charge on any atom is 0.240 e. The molecule has 0 aromatic heterocycles. The van der Waals surface area contributed by atoms with Gasteiger partial charge < -0.3 is 10.6 Å². The van der Waals surface area contributed by atoms with E-state index in [0.29, 0.717) is 19.6 Å². The lowest BCUT2D eigenvalue weighted by Crippen LogP contribution is -2.36. The number of aryl methyl sites for hydroxylation is 1. The highest BCUT2D eigenvalue weighted by Gasteiger charge is 2.30. The fraction of sp³-hybridized carbons (Fsp3) is 0.350. The minimum atomic E-state index is -0.0866. The summed E-state index contributed by atoms with van der Waals surface area (Å²) >= 11 is 1.76. The largest absolute Gasteiger partial charge is 0.337 e. The molecule has 2 aromatic rings. The maximum absolute atomic E-state index is 13.2. The molecule has 25 heavy (non-hydrogen) atoms. The van der Waals surface area contributed by atoms with Crippen molar-refractivity contribution in [3.8, 4) is 0 Å². The van der Waals surface area contributed by atoms with Gasteiger partial charge in [0.25, 0.3) is 0 Å². The third-order valence-electron chi connectivity index (χ3n) is 4.38. The zero-order valence-electron chi connectivity index (χ0n) is 14.3. The van der Waals surface area contributed by atoms with Gasteiger partial charge in [-0.1, -0.05) is 54.6 Å². The molecule has 0 fully saturated rings. The quantitative estimate of drug-likeness (QED) is 0.833. The van der Waals surface area contributed by atoms with Crippen molar-refractivity contribution in [3.05, 3.63) is 71.3 Å². The molecule has 1 atom stereocenters. The number of hydrogen-bond donors (Lipinski definition) is 1. The van der Waals surface area contributed by atoms with Crippen LogP contribution in [0.25, 0.3) is 0 Å². The number of amides is 1. The first-order valence-electron chi connectivity index (χ1n) is 8.52. The molecule has 0 saturated heterocycles. The fourth-order valence-corrected chi connectivity index (χ4v) is 4.39. The van der Waals surface area contributed by atoms with E-state index in [2.05, 4.69) is 30.3 Å². The Labute approximate surface area is 160 Å². The van der Waals surface area contributed by atoms with Crippen molar-refractivity contribution < 1.29 is 4.79 Å². The van der Waals surface area contributed by atoms with Crippen LogP contribution >= 0.6 is 24.2 Å². The minimum absolute atomic E-state index is 0. The second-order valence-electron chi connectivity index (χ2n) is 6.09. The van der Waals surface area contributed by atoms with Crippen LogP contribution in [0.4, 0.5) is 0 Å². The van der Waals surface area contributed by atoms with Crippen molar-refractivity contribution in [3.63, 3.8) is 0 Å². The van der Waals surface area contributed by atoms with Crippen LogP contribution in [0.15, 0.2) is 54.6 Å². The van der Waals surface area contributed by atoms with Crippen LogP contribution < -0.4 is 5.73 Å². The lowest BCUT2D eigenvalue weighted by atomic mass is 10.0. The maximum atomic E-state index is 13.2. The molecule has 0 bridgehead atoms. The molecule has 1 heterocycles. The van der Waals surface area contributed by atoms with Crippen LogP contribution in [0.1, 0.15) is 28.4 Å². The highest BCUT2D eigenvalue weighted by atomic mass is 35.5. The van der Waals surface area contributed by atoms with Gasteiger partial charge in [-0.3, -0.25) is 4.79 Å². The molecule has 3 rings (SSSR count). The summed E-state index contributed by atoms with van der Waals surface area (Å²) in [5, 5.41) is -0.0866. The number of fused-ring (bicyclic) bond motifs is 1. The molecule has 3 nitrogen and oxygen atoms in total. The molecule has 0 radical (unpaired) electrons. The molecule has 0 spiro atoms. The third kappa shape index (κ3) is 5.00. The average molecular weight is 377 g/mol. The summed E-state index contributed by atoms with van der Waals surface area (Å²) in [6.45, 7) is 1.97. The van der Waals surface area contributed by atoms with Crippen molar-refractivity contribution >= 4 is 30.1 Å². The van der Waals surface area contributed by atoms with Gasteiger partial charge in [-0.05, 0) is 41.8 Å². The van der Waals surface area contributed by atoms with E-state index in [1.54, 1.807) is 11.8 Å². The predicted octanol–water partition coefficient (Wildman–Crippen LogP) is 3.82. The Bertz CT molecular complexity index is 680. The molecular formula is C20H25ClN2OS. The van der Waals surface area contributed by atoms with Crippen molar-refractivity contribution in [2.75, 3.05) is 18.8 Å². The van der Waals surface area contributed by atoms with Crippen molar-refractivity contribution in [2.45, 2.75) is 24.6 Å². The number of benzene rings is 2. The standard InChI is InChI=1S/C20H24N2OS.ClH/c21-12-6-13-22(15-16-7-2-1-3-8-16)20(23)19-18-10-5-4-9-17(18)11-14-24-19;/h1-5,7-10,19H,6,11-15,21H2;1H. The Morgan fingerprint density at radius 1 is 1.12 bits per heavy atom. The molecule has 0 saturated carbocycles. The van der Waals surface area contributed by atoms with E-state index in [1.807, 2.05) is 29.2 Å². The highest BCUT2D eigenvalue weighted by molar-refractivity contribution is 8.00. The van der Waals surface area contributed by atoms with E-state index >= 15 is 0 Å². The van der Waals surface area contributed by atoms with Crippen LogP contribution in [-0.4, -0.2) is 29.6 Å². The van der Waals surface area contributed by atoms with E-state index in [1.165, 1.54) is 11.1 Å². The molecule has 134 valence electrons. The molecule has 2 N–H and O–H groups in total. The molecular weight excluding hydrogens is 352 g/mol. The number of carbonyl (C=O) groups is 1. The van der Waals surface area contributed by atoms with Gasteiger partial charge in [-0.15, -0.1) is 24.2 Å².